The highest BCUT2D eigenvalue weighted by Gasteiger charge is 2.20. The summed E-state index contributed by atoms with van der Waals surface area (Å²) < 4.78 is 12.9. The van der Waals surface area contributed by atoms with Crippen molar-refractivity contribution in [3.05, 3.63) is 47.9 Å². The van der Waals surface area contributed by atoms with Gasteiger partial charge < -0.3 is 4.74 Å². The molecule has 9 heteroatoms. The second-order valence-electron chi connectivity index (χ2n) is 3.70. The predicted molar refractivity (Wildman–Crippen MR) is 115 cm³/mol. The average molecular weight is 801 g/mol. The topological polar surface area (TPSA) is 9.23 Å². The lowest BCUT2D eigenvalue weighted by atomic mass is 10.3. The van der Waals surface area contributed by atoms with Gasteiger partial charge in [-0.05, 0) is 140 Å². The standard InChI is InChI=1S/C12H2Br8O/c13-3-2-6(16)11(10(20)7(3)17)21-12-8(18)4(14)1-5(15)9(12)19/h1-2H. The summed E-state index contributed by atoms with van der Waals surface area (Å²) in [6, 6.07) is 3.85. The number of hydrogen-bond donors (Lipinski definition) is 0. The minimum atomic E-state index is 0.659. The van der Waals surface area contributed by atoms with Crippen molar-refractivity contribution in [3.8, 4) is 11.5 Å². The number of ether oxygens (including phenoxy) is 1. The van der Waals surface area contributed by atoms with E-state index in [1.807, 2.05) is 12.1 Å². The first-order chi connectivity index (χ1) is 9.73. The largest absolute Gasteiger partial charge is 0.452 e. The van der Waals surface area contributed by atoms with Gasteiger partial charge in [0.25, 0.3) is 0 Å². The van der Waals surface area contributed by atoms with Gasteiger partial charge >= 0.3 is 0 Å². The summed E-state index contributed by atoms with van der Waals surface area (Å²) in [5.41, 5.74) is 0. The lowest BCUT2D eigenvalue weighted by Crippen LogP contribution is -1.92. The van der Waals surface area contributed by atoms with E-state index in [9.17, 15) is 0 Å². The Morgan fingerprint density at radius 1 is 0.476 bits per heavy atom. The summed E-state index contributed by atoms with van der Waals surface area (Å²) in [5.74, 6) is 1.32. The molecule has 0 unspecified atom stereocenters. The van der Waals surface area contributed by atoms with Crippen molar-refractivity contribution in [1.82, 2.24) is 0 Å². The van der Waals surface area contributed by atoms with Crippen LogP contribution in [0.4, 0.5) is 0 Å². The van der Waals surface area contributed by atoms with Gasteiger partial charge in [0, 0.05) is 17.9 Å². The fourth-order valence-corrected chi connectivity index (χ4v) is 6.14. The molecule has 0 bridgehead atoms. The lowest BCUT2D eigenvalue weighted by molar-refractivity contribution is 0.469. The van der Waals surface area contributed by atoms with E-state index in [4.69, 9.17) is 4.74 Å². The van der Waals surface area contributed by atoms with Gasteiger partial charge in [-0.25, -0.2) is 0 Å². The quantitative estimate of drug-likeness (QED) is 0.217. The Morgan fingerprint density at radius 2 is 0.905 bits per heavy atom. The summed E-state index contributed by atoms with van der Waals surface area (Å²) >= 11 is 28.1. The third-order valence-corrected chi connectivity index (χ3v) is 10.1. The Balaban J connectivity index is 2.62. The molecule has 2 aromatic rings. The van der Waals surface area contributed by atoms with Gasteiger partial charge in [0.15, 0.2) is 11.5 Å². The molecular weight excluding hydrogens is 799 g/mol. The molecule has 112 valence electrons. The van der Waals surface area contributed by atoms with E-state index in [1.165, 1.54) is 0 Å². The van der Waals surface area contributed by atoms with Crippen molar-refractivity contribution >= 4 is 127 Å². The molecule has 1 nitrogen and oxygen atoms in total. The SMILES string of the molecule is Brc1cc(Br)c(Oc2c(Br)c(Br)cc(Br)c2Br)c(Br)c1Br. The first kappa shape index (κ1) is 19.4. The van der Waals surface area contributed by atoms with Gasteiger partial charge in [0.1, 0.15) is 0 Å². The smallest absolute Gasteiger partial charge is 0.158 e. The molecule has 0 N–H and O–H groups in total. The highest BCUT2D eigenvalue weighted by molar-refractivity contribution is 9.15. The first-order valence-corrected chi connectivity index (χ1v) is 11.4. The van der Waals surface area contributed by atoms with Crippen molar-refractivity contribution < 1.29 is 4.74 Å². The van der Waals surface area contributed by atoms with Gasteiger partial charge in [-0.1, -0.05) is 0 Å². The Morgan fingerprint density at radius 3 is 1.43 bits per heavy atom. The van der Waals surface area contributed by atoms with E-state index in [1.54, 1.807) is 0 Å². The van der Waals surface area contributed by atoms with Crippen molar-refractivity contribution in [2.24, 2.45) is 0 Å². The molecule has 21 heavy (non-hydrogen) atoms. The van der Waals surface area contributed by atoms with Crippen LogP contribution in [0.25, 0.3) is 0 Å². The van der Waals surface area contributed by atoms with Crippen molar-refractivity contribution in [2.75, 3.05) is 0 Å². The van der Waals surface area contributed by atoms with Gasteiger partial charge in [-0.2, -0.15) is 0 Å². The lowest BCUT2D eigenvalue weighted by Gasteiger charge is -2.16. The summed E-state index contributed by atoms with van der Waals surface area (Å²) in [7, 11) is 0. The molecule has 0 aliphatic carbocycles. The zero-order valence-electron chi connectivity index (χ0n) is 9.59. The number of halogens is 8. The van der Waals surface area contributed by atoms with Crippen LogP contribution >= 0.6 is 127 Å². The molecule has 0 spiro atoms. The maximum Gasteiger partial charge on any atom is 0.158 e. The Hall–Kier alpha value is 2.08. The van der Waals surface area contributed by atoms with E-state index in [0.29, 0.717) is 11.5 Å². The normalized spacial score (nSPS) is 10.9. The number of hydrogen-bond acceptors (Lipinski definition) is 1. The third kappa shape index (κ3) is 4.19. The molecule has 2 aromatic carbocycles. The van der Waals surface area contributed by atoms with Crippen LogP contribution in [0, 0.1) is 0 Å². The highest BCUT2D eigenvalue weighted by atomic mass is 79.9. The third-order valence-electron chi connectivity index (χ3n) is 2.35. The van der Waals surface area contributed by atoms with Crippen molar-refractivity contribution in [2.45, 2.75) is 0 Å². The molecule has 0 atom stereocenters. The van der Waals surface area contributed by atoms with E-state index < -0.39 is 0 Å². The highest BCUT2D eigenvalue weighted by Crippen LogP contribution is 2.50. The van der Waals surface area contributed by atoms with Gasteiger partial charge in [0.05, 0.1) is 17.9 Å². The maximum atomic E-state index is 6.10. The summed E-state index contributed by atoms with van der Waals surface area (Å²) in [4.78, 5) is 0. The Bertz CT molecular complexity index is 702. The second-order valence-corrected chi connectivity index (χ2v) is 10.3. The number of rotatable bonds is 2. The molecule has 0 amide bonds. The molecular formula is C12H2Br8O. The van der Waals surface area contributed by atoms with Crippen LogP contribution in [0.1, 0.15) is 0 Å². The molecule has 0 radical (unpaired) electrons. The van der Waals surface area contributed by atoms with Gasteiger partial charge in [-0.15, -0.1) is 0 Å². The van der Waals surface area contributed by atoms with Gasteiger partial charge in [-0.3, -0.25) is 0 Å². The van der Waals surface area contributed by atoms with Crippen LogP contribution in [0.2, 0.25) is 0 Å². The Labute approximate surface area is 189 Å². The molecule has 0 aliphatic heterocycles. The molecule has 2 rings (SSSR count). The molecule has 0 heterocycles. The van der Waals surface area contributed by atoms with E-state index in [0.717, 1.165) is 35.8 Å². The zero-order valence-corrected chi connectivity index (χ0v) is 22.3. The molecule has 0 fully saturated rings. The van der Waals surface area contributed by atoms with E-state index in [-0.39, 0.29) is 0 Å². The summed E-state index contributed by atoms with van der Waals surface area (Å²) in [5, 5.41) is 0. The van der Waals surface area contributed by atoms with E-state index >= 15 is 0 Å². The van der Waals surface area contributed by atoms with Crippen molar-refractivity contribution in [3.63, 3.8) is 0 Å². The maximum absolute atomic E-state index is 6.10. The fourth-order valence-electron chi connectivity index (χ4n) is 1.39. The van der Waals surface area contributed by atoms with Crippen LogP contribution < -0.4 is 4.74 Å². The minimum absolute atomic E-state index is 0.659. The average Bonchev–Trinajstić information content (AvgIpc) is 2.42. The zero-order chi connectivity index (χ0) is 15.9. The first-order valence-electron chi connectivity index (χ1n) is 5.07. The van der Waals surface area contributed by atoms with Crippen LogP contribution in [-0.4, -0.2) is 0 Å². The van der Waals surface area contributed by atoms with Gasteiger partial charge in [0.2, 0.25) is 0 Å². The number of benzene rings is 2. The fraction of sp³-hybridized carbons (Fsp3) is 0. The van der Waals surface area contributed by atoms with Crippen LogP contribution in [0.3, 0.4) is 0 Å². The van der Waals surface area contributed by atoms with Crippen LogP contribution in [0.5, 0.6) is 11.5 Å². The molecule has 0 saturated heterocycles. The summed E-state index contributed by atoms with van der Waals surface area (Å²) in [6.45, 7) is 0. The van der Waals surface area contributed by atoms with E-state index in [2.05, 4.69) is 127 Å². The Kier molecular flexibility index (Phi) is 7.37. The molecule has 0 aliphatic rings. The molecule has 0 aromatic heterocycles. The van der Waals surface area contributed by atoms with Crippen molar-refractivity contribution in [1.29, 1.82) is 0 Å². The second kappa shape index (κ2) is 7.97. The van der Waals surface area contributed by atoms with Crippen LogP contribution in [-0.2, 0) is 0 Å². The minimum Gasteiger partial charge on any atom is -0.452 e. The monoisotopic (exact) mass is 793 g/mol. The molecule has 0 saturated carbocycles. The summed E-state index contributed by atoms with van der Waals surface area (Å²) in [6.07, 6.45) is 0. The predicted octanol–water partition coefficient (Wildman–Crippen LogP) is 9.58. The van der Waals surface area contributed by atoms with Crippen LogP contribution in [0.15, 0.2) is 47.9 Å².